The van der Waals surface area contributed by atoms with Crippen molar-refractivity contribution in [1.29, 1.82) is 0 Å². The van der Waals surface area contributed by atoms with Crippen LogP contribution in [0.3, 0.4) is 0 Å². The van der Waals surface area contributed by atoms with Crippen LogP contribution in [0, 0.1) is 0 Å². The van der Waals surface area contributed by atoms with Gasteiger partial charge in [0, 0.05) is 45.8 Å². The summed E-state index contributed by atoms with van der Waals surface area (Å²) in [5.74, 6) is 1.30. The molecule has 1 heterocycles. The van der Waals surface area contributed by atoms with Crippen molar-refractivity contribution >= 4 is 16.1 Å². The number of carbonyl (C=O) groups is 1. The van der Waals surface area contributed by atoms with Crippen molar-refractivity contribution in [3.05, 3.63) is 23.8 Å². The fraction of sp³-hybridized carbons (Fsp3) is 0.708. The molecule has 1 N–H and O–H groups in total. The SMILES string of the molecule is COc1ccc(CCNC(=O)C(C)N2CCN(S(=O)(=O)N(C)C3CCCCC3)CC2)cc1OC. The lowest BCUT2D eigenvalue weighted by Gasteiger charge is -2.40. The van der Waals surface area contributed by atoms with Gasteiger partial charge in [0.05, 0.1) is 20.3 Å². The van der Waals surface area contributed by atoms with E-state index in [1.165, 1.54) is 6.42 Å². The third-order valence-corrected chi connectivity index (χ3v) is 9.18. The van der Waals surface area contributed by atoms with Crippen molar-refractivity contribution < 1.29 is 22.7 Å². The second kappa shape index (κ2) is 12.2. The lowest BCUT2D eigenvalue weighted by molar-refractivity contribution is -0.126. The standard InChI is InChI=1S/C24H40N4O5S/c1-19(24(29)25-13-12-20-10-11-22(32-3)23(18-20)33-4)27-14-16-28(17-15-27)34(30,31)26(2)21-8-6-5-7-9-21/h10-11,18-19,21H,5-9,12-17H2,1-4H3,(H,25,29). The quantitative estimate of drug-likeness (QED) is 0.532. The van der Waals surface area contributed by atoms with Crippen molar-refractivity contribution in [2.75, 3.05) is 54.0 Å². The highest BCUT2D eigenvalue weighted by atomic mass is 32.2. The Morgan fingerprint density at radius 2 is 1.74 bits per heavy atom. The number of nitrogens with one attached hydrogen (secondary N) is 1. The monoisotopic (exact) mass is 496 g/mol. The fourth-order valence-electron chi connectivity index (χ4n) is 4.82. The molecule has 0 bridgehead atoms. The van der Waals surface area contributed by atoms with E-state index in [4.69, 9.17) is 9.47 Å². The van der Waals surface area contributed by atoms with Crippen molar-refractivity contribution in [2.45, 2.75) is 57.5 Å². The molecule has 3 rings (SSSR count). The molecule has 1 atom stereocenters. The first-order chi connectivity index (χ1) is 16.3. The van der Waals surface area contributed by atoms with E-state index < -0.39 is 10.2 Å². The Balaban J connectivity index is 1.45. The molecule has 0 radical (unpaired) electrons. The van der Waals surface area contributed by atoms with Crippen molar-refractivity contribution in [2.24, 2.45) is 0 Å². The van der Waals surface area contributed by atoms with Gasteiger partial charge in [-0.2, -0.15) is 17.0 Å². The molecule has 10 heteroatoms. The number of amides is 1. The minimum Gasteiger partial charge on any atom is -0.493 e. The van der Waals surface area contributed by atoms with E-state index in [2.05, 4.69) is 10.2 Å². The van der Waals surface area contributed by atoms with Crippen LogP contribution in [-0.4, -0.2) is 93.9 Å². The van der Waals surface area contributed by atoms with Crippen LogP contribution in [0.15, 0.2) is 18.2 Å². The van der Waals surface area contributed by atoms with Gasteiger partial charge in [-0.1, -0.05) is 25.3 Å². The van der Waals surface area contributed by atoms with Gasteiger partial charge in [0.15, 0.2) is 11.5 Å². The highest BCUT2D eigenvalue weighted by molar-refractivity contribution is 7.86. The minimum atomic E-state index is -3.47. The molecule has 2 aliphatic rings. The highest BCUT2D eigenvalue weighted by Crippen LogP contribution is 2.28. The normalized spacial score (nSPS) is 19.7. The van der Waals surface area contributed by atoms with Crippen LogP contribution in [0.1, 0.15) is 44.6 Å². The van der Waals surface area contributed by atoms with Gasteiger partial charge in [-0.15, -0.1) is 0 Å². The number of hydrogen-bond acceptors (Lipinski definition) is 6. The Hall–Kier alpha value is -1.88. The average molecular weight is 497 g/mol. The van der Waals surface area contributed by atoms with Gasteiger partial charge in [-0.3, -0.25) is 9.69 Å². The molecule has 192 valence electrons. The molecule has 0 spiro atoms. The van der Waals surface area contributed by atoms with E-state index in [1.807, 2.05) is 25.1 Å². The van der Waals surface area contributed by atoms with Gasteiger partial charge in [0.2, 0.25) is 5.91 Å². The number of ether oxygens (including phenoxy) is 2. The molecular formula is C24H40N4O5S. The largest absolute Gasteiger partial charge is 0.493 e. The zero-order valence-electron chi connectivity index (χ0n) is 21.0. The summed E-state index contributed by atoms with van der Waals surface area (Å²) < 4.78 is 39.9. The summed E-state index contributed by atoms with van der Waals surface area (Å²) in [6.45, 7) is 4.29. The second-order valence-electron chi connectivity index (χ2n) is 9.16. The van der Waals surface area contributed by atoms with Crippen LogP contribution < -0.4 is 14.8 Å². The number of carbonyl (C=O) groups excluding carboxylic acids is 1. The van der Waals surface area contributed by atoms with E-state index in [9.17, 15) is 13.2 Å². The Bertz CT molecular complexity index is 912. The summed E-state index contributed by atoms with van der Waals surface area (Å²) >= 11 is 0. The first-order valence-electron chi connectivity index (χ1n) is 12.2. The number of methoxy groups -OCH3 is 2. The third kappa shape index (κ3) is 6.41. The molecule has 1 saturated carbocycles. The first-order valence-corrected chi connectivity index (χ1v) is 13.6. The molecule has 9 nitrogen and oxygen atoms in total. The molecule has 34 heavy (non-hydrogen) atoms. The zero-order chi connectivity index (χ0) is 24.7. The van der Waals surface area contributed by atoms with Crippen LogP contribution in [0.25, 0.3) is 0 Å². The fourth-order valence-corrected chi connectivity index (χ4v) is 6.39. The van der Waals surface area contributed by atoms with Gasteiger partial charge in [-0.25, -0.2) is 0 Å². The lowest BCUT2D eigenvalue weighted by atomic mass is 9.96. The van der Waals surface area contributed by atoms with E-state index in [0.29, 0.717) is 50.6 Å². The maximum absolute atomic E-state index is 13.1. The number of benzene rings is 1. The van der Waals surface area contributed by atoms with Crippen LogP contribution in [0.4, 0.5) is 0 Å². The molecule has 1 aliphatic heterocycles. The summed E-state index contributed by atoms with van der Waals surface area (Å²) in [6, 6.07) is 5.52. The van der Waals surface area contributed by atoms with E-state index in [0.717, 1.165) is 31.2 Å². The molecule has 1 unspecified atom stereocenters. The van der Waals surface area contributed by atoms with Gasteiger partial charge in [-0.05, 0) is 43.9 Å². The maximum Gasteiger partial charge on any atom is 0.282 e. The minimum absolute atomic E-state index is 0.0453. The predicted molar refractivity (Wildman–Crippen MR) is 132 cm³/mol. The summed E-state index contributed by atoms with van der Waals surface area (Å²) in [5.41, 5.74) is 1.05. The average Bonchev–Trinajstić information content (AvgIpc) is 2.88. The molecule has 1 aromatic rings. The maximum atomic E-state index is 13.1. The van der Waals surface area contributed by atoms with E-state index in [1.54, 1.807) is 29.9 Å². The third-order valence-electron chi connectivity index (χ3n) is 7.14. The topological polar surface area (TPSA) is 91.4 Å². The first kappa shape index (κ1) is 26.7. The van der Waals surface area contributed by atoms with Crippen LogP contribution >= 0.6 is 0 Å². The summed E-state index contributed by atoms with van der Waals surface area (Å²) in [6.07, 6.45) is 5.94. The second-order valence-corrected chi connectivity index (χ2v) is 11.1. The van der Waals surface area contributed by atoms with Gasteiger partial charge < -0.3 is 14.8 Å². The number of nitrogens with zero attached hydrogens (tertiary/aromatic N) is 3. The Morgan fingerprint density at radius 3 is 2.35 bits per heavy atom. The van der Waals surface area contributed by atoms with Crippen LogP contribution in [0.2, 0.25) is 0 Å². The van der Waals surface area contributed by atoms with Crippen molar-refractivity contribution in [3.8, 4) is 11.5 Å². The number of rotatable bonds is 10. The van der Waals surface area contributed by atoms with Crippen LogP contribution in [0.5, 0.6) is 11.5 Å². The van der Waals surface area contributed by atoms with Gasteiger partial charge in [0.1, 0.15) is 0 Å². The zero-order valence-corrected chi connectivity index (χ0v) is 21.8. The van der Waals surface area contributed by atoms with E-state index >= 15 is 0 Å². The summed E-state index contributed by atoms with van der Waals surface area (Å²) in [4.78, 5) is 14.8. The number of piperazine rings is 1. The summed E-state index contributed by atoms with van der Waals surface area (Å²) in [7, 11) is 1.45. The molecule has 1 amide bonds. The lowest BCUT2D eigenvalue weighted by Crippen LogP contribution is -2.57. The summed E-state index contributed by atoms with van der Waals surface area (Å²) in [5, 5.41) is 3.00. The van der Waals surface area contributed by atoms with Crippen molar-refractivity contribution in [1.82, 2.24) is 18.8 Å². The molecule has 2 fully saturated rings. The van der Waals surface area contributed by atoms with Gasteiger partial charge in [0.25, 0.3) is 10.2 Å². The predicted octanol–water partition coefficient (Wildman–Crippen LogP) is 1.88. The Labute approximate surface area is 204 Å². The molecule has 1 aromatic carbocycles. The molecular weight excluding hydrogens is 456 g/mol. The number of hydrogen-bond donors (Lipinski definition) is 1. The molecule has 0 aromatic heterocycles. The Kier molecular flexibility index (Phi) is 9.58. The molecule has 1 saturated heterocycles. The Morgan fingerprint density at radius 1 is 1.09 bits per heavy atom. The highest BCUT2D eigenvalue weighted by Gasteiger charge is 2.36. The van der Waals surface area contributed by atoms with Gasteiger partial charge >= 0.3 is 0 Å². The molecule has 1 aliphatic carbocycles. The smallest absolute Gasteiger partial charge is 0.282 e. The van der Waals surface area contributed by atoms with Crippen molar-refractivity contribution in [3.63, 3.8) is 0 Å². The van der Waals surface area contributed by atoms with Crippen LogP contribution in [-0.2, 0) is 21.4 Å². The van der Waals surface area contributed by atoms with E-state index in [-0.39, 0.29) is 18.0 Å².